The lowest BCUT2D eigenvalue weighted by molar-refractivity contribution is -0.125. The zero-order valence-corrected chi connectivity index (χ0v) is 25.1. The van der Waals surface area contributed by atoms with Crippen molar-refractivity contribution in [3.63, 3.8) is 0 Å². The summed E-state index contributed by atoms with van der Waals surface area (Å²) in [6.07, 6.45) is 5.91. The van der Waals surface area contributed by atoms with Crippen LogP contribution in [-0.4, -0.2) is 46.1 Å². The van der Waals surface area contributed by atoms with Crippen molar-refractivity contribution in [3.8, 4) is 0 Å². The first-order valence-electron chi connectivity index (χ1n) is 14.5. The van der Waals surface area contributed by atoms with E-state index in [2.05, 4.69) is 34.8 Å². The quantitative estimate of drug-likeness (QED) is 0.346. The zero-order chi connectivity index (χ0) is 29.3. The summed E-state index contributed by atoms with van der Waals surface area (Å²) >= 11 is 12.6. The summed E-state index contributed by atoms with van der Waals surface area (Å²) in [5.41, 5.74) is -0.541. The van der Waals surface area contributed by atoms with E-state index in [9.17, 15) is 14.7 Å². The maximum Gasteiger partial charge on any atom is 0.238 e. The lowest BCUT2D eigenvalue weighted by atomic mass is 9.53. The molecule has 6 rings (SSSR count). The molecule has 1 unspecified atom stereocenters. The molecule has 2 amide bonds. The fraction of sp³-hybridized carbons (Fsp3) is 0.581. The van der Waals surface area contributed by atoms with Crippen molar-refractivity contribution in [2.45, 2.75) is 88.3 Å². The van der Waals surface area contributed by atoms with Crippen LogP contribution >= 0.6 is 23.2 Å². The standard InChI is InChI=1S/C31H37Cl2FN4O3/c1-16(15-39)17-12-19(13-17)36-27(40)25-23(20-6-11-35-26(33)24(20)34)31(30(38-25)9-7-29(2,3)8-10-30)21-5-4-18(32)14-22(21)37-28(31)41/h4-6,11,14,16-17,19,23,25,38-39H,7-10,12-13,15H2,1-3H3,(H,36,40)(H,37,41)/t16?,17-,19-,23-,25+,31+/m0/s1. The number of benzene rings is 1. The van der Waals surface area contributed by atoms with E-state index >= 15 is 4.39 Å². The second-order valence-corrected chi connectivity index (χ2v) is 14.2. The van der Waals surface area contributed by atoms with Crippen LogP contribution in [0.25, 0.3) is 0 Å². The third-order valence-electron chi connectivity index (χ3n) is 10.6. The Balaban J connectivity index is 1.49. The molecule has 4 atom stereocenters. The highest BCUT2D eigenvalue weighted by atomic mass is 35.5. The third-order valence-corrected chi connectivity index (χ3v) is 11.1. The van der Waals surface area contributed by atoms with Crippen molar-refractivity contribution < 1.29 is 19.1 Å². The van der Waals surface area contributed by atoms with Crippen LogP contribution in [0.15, 0.2) is 30.5 Å². The summed E-state index contributed by atoms with van der Waals surface area (Å²) in [5.74, 6) is -1.64. The van der Waals surface area contributed by atoms with Crippen molar-refractivity contribution in [1.82, 2.24) is 15.6 Å². The number of amides is 2. The van der Waals surface area contributed by atoms with Gasteiger partial charge in [-0.2, -0.15) is 0 Å². The molecule has 2 aliphatic heterocycles. The average Bonchev–Trinajstić information content (AvgIpc) is 3.36. The predicted molar refractivity (Wildman–Crippen MR) is 157 cm³/mol. The number of anilines is 1. The highest BCUT2D eigenvalue weighted by Gasteiger charge is 2.73. The van der Waals surface area contributed by atoms with Crippen LogP contribution in [0.1, 0.15) is 76.3 Å². The molecule has 4 aliphatic rings. The summed E-state index contributed by atoms with van der Waals surface area (Å²) < 4.78 is 16.0. The van der Waals surface area contributed by atoms with E-state index in [-0.39, 0.29) is 46.5 Å². The number of pyridine rings is 1. The Morgan fingerprint density at radius 2 is 1.90 bits per heavy atom. The number of hydrogen-bond donors (Lipinski definition) is 4. The molecule has 41 heavy (non-hydrogen) atoms. The molecule has 2 aliphatic carbocycles. The van der Waals surface area contributed by atoms with Gasteiger partial charge in [-0.3, -0.25) is 14.9 Å². The molecule has 0 radical (unpaired) electrons. The Bertz CT molecular complexity index is 1390. The molecule has 0 bridgehead atoms. The number of carbonyl (C=O) groups excluding carboxylic acids is 2. The van der Waals surface area contributed by atoms with Gasteiger partial charge in [0.25, 0.3) is 0 Å². The largest absolute Gasteiger partial charge is 0.396 e. The summed E-state index contributed by atoms with van der Waals surface area (Å²) in [7, 11) is 0. The fourth-order valence-electron chi connectivity index (χ4n) is 8.01. The predicted octanol–water partition coefficient (Wildman–Crippen LogP) is 5.34. The first-order chi connectivity index (χ1) is 19.4. The average molecular weight is 604 g/mol. The van der Waals surface area contributed by atoms with Gasteiger partial charge in [0.05, 0.1) is 6.04 Å². The van der Waals surface area contributed by atoms with Crippen LogP contribution in [0.4, 0.5) is 10.1 Å². The van der Waals surface area contributed by atoms with E-state index in [1.165, 1.54) is 6.20 Å². The molecule has 220 valence electrons. The maximum atomic E-state index is 16.0. The van der Waals surface area contributed by atoms with E-state index in [0.717, 1.165) is 25.7 Å². The number of nitrogens with one attached hydrogen (secondary N) is 3. The second kappa shape index (κ2) is 10.2. The molecule has 1 saturated heterocycles. The van der Waals surface area contributed by atoms with Gasteiger partial charge in [-0.25, -0.2) is 9.37 Å². The highest BCUT2D eigenvalue weighted by molar-refractivity contribution is 6.31. The Morgan fingerprint density at radius 1 is 1.20 bits per heavy atom. The van der Waals surface area contributed by atoms with E-state index in [4.69, 9.17) is 23.2 Å². The molecular formula is C31H37Cl2FN4O3. The van der Waals surface area contributed by atoms with Gasteiger partial charge in [-0.1, -0.05) is 50.0 Å². The van der Waals surface area contributed by atoms with Gasteiger partial charge in [-0.05, 0) is 85.1 Å². The SMILES string of the molecule is CC(CO)[C@H]1C[C@H](NC(=O)[C@@H]2NC3(CCC(C)(C)CC3)[C@@]3(C(=O)Nc4cc(Cl)ccc43)[C@H]2c2ccnc(Cl)c2F)C1. The van der Waals surface area contributed by atoms with Gasteiger partial charge >= 0.3 is 0 Å². The Kier molecular flexibility index (Phi) is 7.16. The molecule has 2 saturated carbocycles. The zero-order valence-electron chi connectivity index (χ0n) is 23.6. The lowest BCUT2D eigenvalue weighted by Crippen LogP contribution is -2.61. The number of aliphatic hydroxyl groups excluding tert-OH is 1. The first kappa shape index (κ1) is 28.8. The van der Waals surface area contributed by atoms with Gasteiger partial charge in [0, 0.05) is 41.0 Å². The number of halogens is 3. The number of aliphatic hydroxyl groups is 1. The van der Waals surface area contributed by atoms with Gasteiger partial charge in [0.1, 0.15) is 5.41 Å². The van der Waals surface area contributed by atoms with Crippen LogP contribution in [0, 0.1) is 23.1 Å². The van der Waals surface area contributed by atoms with Crippen molar-refractivity contribution in [2.75, 3.05) is 11.9 Å². The van der Waals surface area contributed by atoms with Crippen LogP contribution in [0.5, 0.6) is 0 Å². The van der Waals surface area contributed by atoms with Gasteiger partial charge in [0.15, 0.2) is 11.0 Å². The Morgan fingerprint density at radius 3 is 2.59 bits per heavy atom. The van der Waals surface area contributed by atoms with E-state index in [1.807, 2.05) is 13.0 Å². The molecule has 3 fully saturated rings. The fourth-order valence-corrected chi connectivity index (χ4v) is 8.35. The molecule has 2 aromatic rings. The highest BCUT2D eigenvalue weighted by Crippen LogP contribution is 2.64. The summed E-state index contributed by atoms with van der Waals surface area (Å²) in [4.78, 5) is 32.6. The molecule has 1 aromatic carbocycles. The molecular weight excluding hydrogens is 566 g/mol. The first-order valence-corrected chi connectivity index (χ1v) is 15.3. The van der Waals surface area contributed by atoms with Crippen molar-refractivity contribution in [3.05, 3.63) is 57.6 Å². The minimum Gasteiger partial charge on any atom is -0.396 e. The summed E-state index contributed by atoms with van der Waals surface area (Å²) in [6, 6.07) is 5.92. The van der Waals surface area contributed by atoms with Crippen molar-refractivity contribution in [2.24, 2.45) is 17.3 Å². The number of aromatic nitrogens is 1. The van der Waals surface area contributed by atoms with Crippen LogP contribution < -0.4 is 16.0 Å². The van der Waals surface area contributed by atoms with Crippen molar-refractivity contribution in [1.29, 1.82) is 0 Å². The molecule has 10 heteroatoms. The van der Waals surface area contributed by atoms with Gasteiger partial charge in [0.2, 0.25) is 11.8 Å². The molecule has 1 aromatic heterocycles. The normalized spacial score (nSPS) is 31.9. The number of carbonyl (C=O) groups is 2. The lowest BCUT2D eigenvalue weighted by Gasteiger charge is -2.50. The minimum atomic E-state index is -1.29. The van der Waals surface area contributed by atoms with E-state index < -0.39 is 28.7 Å². The maximum absolute atomic E-state index is 16.0. The smallest absolute Gasteiger partial charge is 0.238 e. The van der Waals surface area contributed by atoms with Gasteiger partial charge in [-0.15, -0.1) is 0 Å². The summed E-state index contributed by atoms with van der Waals surface area (Å²) in [5, 5.41) is 19.6. The van der Waals surface area contributed by atoms with E-state index in [1.54, 1.807) is 18.2 Å². The Labute approximate surface area is 250 Å². The molecule has 3 heterocycles. The number of fused-ring (bicyclic) bond motifs is 3. The number of nitrogens with zero attached hydrogens (tertiary/aromatic N) is 1. The number of hydrogen-bond acceptors (Lipinski definition) is 5. The van der Waals surface area contributed by atoms with E-state index in [0.29, 0.717) is 35.0 Å². The van der Waals surface area contributed by atoms with Crippen LogP contribution in [-0.2, 0) is 15.0 Å². The third kappa shape index (κ3) is 4.39. The van der Waals surface area contributed by atoms with Crippen LogP contribution in [0.3, 0.4) is 0 Å². The number of rotatable bonds is 5. The molecule has 2 spiro atoms. The Hall–Kier alpha value is -2.26. The second-order valence-electron chi connectivity index (χ2n) is 13.4. The van der Waals surface area contributed by atoms with Gasteiger partial charge < -0.3 is 15.7 Å². The summed E-state index contributed by atoms with van der Waals surface area (Å²) in [6.45, 7) is 6.55. The minimum absolute atomic E-state index is 0.0453. The van der Waals surface area contributed by atoms with Crippen molar-refractivity contribution >= 4 is 40.7 Å². The van der Waals surface area contributed by atoms with Crippen LogP contribution in [0.2, 0.25) is 10.2 Å². The topological polar surface area (TPSA) is 103 Å². The molecule has 4 N–H and O–H groups in total. The molecule has 7 nitrogen and oxygen atoms in total. The monoisotopic (exact) mass is 602 g/mol.